The molecule has 1 aliphatic rings. The number of nitrogens with one attached hydrogen (secondary N) is 2. The molecule has 3 rings (SSSR count). The minimum absolute atomic E-state index is 0.0187. The molecule has 1 atom stereocenters. The molecule has 0 aromatic heterocycles. The zero-order valence-electron chi connectivity index (χ0n) is 18.8. The number of fused-ring (bicyclic) bond motifs is 1. The molecular weight excluding hydrogens is 536 g/mol. The summed E-state index contributed by atoms with van der Waals surface area (Å²) in [5, 5.41) is 4.43. The van der Waals surface area contributed by atoms with E-state index in [1.165, 1.54) is 13.0 Å². The Balaban J connectivity index is 1.89. The van der Waals surface area contributed by atoms with E-state index in [1.54, 1.807) is 0 Å². The van der Waals surface area contributed by atoms with Crippen molar-refractivity contribution in [2.45, 2.75) is 30.0 Å². The quantitative estimate of drug-likeness (QED) is 0.505. The van der Waals surface area contributed by atoms with Crippen LogP contribution < -0.4 is 19.7 Å². The number of sulfonamides is 1. The number of benzene rings is 2. The van der Waals surface area contributed by atoms with Gasteiger partial charge < -0.3 is 14.8 Å². The zero-order valence-corrected chi connectivity index (χ0v) is 19.6. The molecule has 0 aliphatic carbocycles. The summed E-state index contributed by atoms with van der Waals surface area (Å²) in [5.74, 6) is -6.39. The number of alkyl halides is 5. The fourth-order valence-corrected chi connectivity index (χ4v) is 4.61. The van der Waals surface area contributed by atoms with Crippen LogP contribution in [0.4, 0.5) is 42.5 Å². The number of halogens is 6. The number of hydrogen-bond donors (Lipinski definition) is 2. The largest absolute Gasteiger partial charge is 0.484 e. The standard InChI is InChI=1S/C21H19F6N3O6S/c1-12(31)28-9-15-10-30(37(33,34)16-5-2-13(22)3-6-16)17-8-14(4-7-18(17)36-15)29-19(32)35-11-20(23,24)21(25,26)27/h2-8,15H,9-11H2,1H3,(H,28,31)(H,29,32)/t15-/m0/s1. The second-order valence-corrected chi connectivity index (χ2v) is 9.62. The highest BCUT2D eigenvalue weighted by molar-refractivity contribution is 7.92. The smallest absolute Gasteiger partial charge is 0.456 e. The summed E-state index contributed by atoms with van der Waals surface area (Å²) in [7, 11) is -4.35. The van der Waals surface area contributed by atoms with Crippen LogP contribution >= 0.6 is 0 Å². The van der Waals surface area contributed by atoms with E-state index in [4.69, 9.17) is 4.74 Å². The average molecular weight is 555 g/mol. The highest BCUT2D eigenvalue weighted by atomic mass is 32.2. The topological polar surface area (TPSA) is 114 Å². The van der Waals surface area contributed by atoms with Gasteiger partial charge in [-0.15, -0.1) is 0 Å². The first-order valence-electron chi connectivity index (χ1n) is 10.3. The van der Waals surface area contributed by atoms with Crippen LogP contribution in [0.25, 0.3) is 0 Å². The van der Waals surface area contributed by atoms with Gasteiger partial charge in [0.25, 0.3) is 10.0 Å². The first-order chi connectivity index (χ1) is 17.1. The van der Waals surface area contributed by atoms with Gasteiger partial charge in [0.2, 0.25) is 5.91 Å². The number of ether oxygens (including phenoxy) is 2. The van der Waals surface area contributed by atoms with E-state index in [9.17, 15) is 44.3 Å². The molecule has 0 fully saturated rings. The molecule has 0 radical (unpaired) electrons. The third kappa shape index (κ3) is 6.55. The highest BCUT2D eigenvalue weighted by Crippen LogP contribution is 2.39. The molecule has 2 N–H and O–H groups in total. The van der Waals surface area contributed by atoms with Crippen LogP contribution in [0, 0.1) is 5.82 Å². The summed E-state index contributed by atoms with van der Waals surface area (Å²) in [5.41, 5.74) is -0.357. The lowest BCUT2D eigenvalue weighted by molar-refractivity contribution is -0.291. The van der Waals surface area contributed by atoms with E-state index >= 15 is 0 Å². The molecule has 0 saturated heterocycles. The molecule has 0 bridgehead atoms. The summed E-state index contributed by atoms with van der Waals surface area (Å²) < 4.78 is 113. The van der Waals surface area contributed by atoms with Crippen LogP contribution in [-0.2, 0) is 19.6 Å². The molecule has 1 heterocycles. The Kier molecular flexibility index (Phi) is 7.80. The number of hydrogen-bond acceptors (Lipinski definition) is 6. The van der Waals surface area contributed by atoms with Gasteiger partial charge >= 0.3 is 18.2 Å². The van der Waals surface area contributed by atoms with Crippen molar-refractivity contribution in [2.24, 2.45) is 0 Å². The molecule has 0 unspecified atom stereocenters. The molecule has 16 heteroatoms. The summed E-state index contributed by atoms with van der Waals surface area (Å²) in [6.07, 6.45) is -8.45. The molecule has 2 aromatic rings. The van der Waals surface area contributed by atoms with Crippen molar-refractivity contribution in [3.63, 3.8) is 0 Å². The van der Waals surface area contributed by atoms with Crippen molar-refractivity contribution >= 4 is 33.4 Å². The van der Waals surface area contributed by atoms with E-state index < -0.39 is 52.7 Å². The molecule has 0 spiro atoms. The number of rotatable bonds is 7. The van der Waals surface area contributed by atoms with Gasteiger partial charge in [-0.1, -0.05) is 0 Å². The van der Waals surface area contributed by atoms with Gasteiger partial charge in [-0.25, -0.2) is 17.6 Å². The third-order valence-corrected chi connectivity index (χ3v) is 6.71. The Hall–Kier alpha value is -3.69. The maximum atomic E-state index is 13.3. The molecule has 1 aliphatic heterocycles. The minimum atomic E-state index is -5.93. The average Bonchev–Trinajstić information content (AvgIpc) is 2.80. The monoisotopic (exact) mass is 555 g/mol. The van der Waals surface area contributed by atoms with Crippen molar-refractivity contribution in [1.29, 1.82) is 0 Å². The van der Waals surface area contributed by atoms with E-state index in [2.05, 4.69) is 10.1 Å². The summed E-state index contributed by atoms with van der Waals surface area (Å²) >= 11 is 0. The number of amides is 2. The van der Waals surface area contributed by atoms with Crippen molar-refractivity contribution in [3.8, 4) is 5.75 Å². The SMILES string of the molecule is CC(=O)NC[C@H]1CN(S(=O)(=O)c2ccc(F)cc2)c2cc(NC(=O)OCC(F)(F)C(F)(F)F)ccc2O1. The van der Waals surface area contributed by atoms with Crippen LogP contribution in [0.1, 0.15) is 6.92 Å². The second-order valence-electron chi connectivity index (χ2n) is 7.75. The van der Waals surface area contributed by atoms with Crippen molar-refractivity contribution in [1.82, 2.24) is 5.32 Å². The minimum Gasteiger partial charge on any atom is -0.484 e. The van der Waals surface area contributed by atoms with Crippen LogP contribution in [0.3, 0.4) is 0 Å². The maximum absolute atomic E-state index is 13.3. The van der Waals surface area contributed by atoms with Gasteiger partial charge in [0.05, 0.1) is 23.7 Å². The summed E-state index contributed by atoms with van der Waals surface area (Å²) in [6, 6.07) is 7.31. The number of anilines is 2. The van der Waals surface area contributed by atoms with Gasteiger partial charge in [-0.3, -0.25) is 14.4 Å². The maximum Gasteiger partial charge on any atom is 0.456 e. The molecule has 2 amide bonds. The molecular formula is C21H19F6N3O6S. The Morgan fingerprint density at radius 1 is 1.11 bits per heavy atom. The zero-order chi connectivity index (χ0) is 27.6. The van der Waals surface area contributed by atoms with Gasteiger partial charge in [0.1, 0.15) is 17.7 Å². The number of nitrogens with zero attached hydrogens (tertiary/aromatic N) is 1. The molecule has 2 aromatic carbocycles. The first kappa shape index (κ1) is 27.9. The van der Waals surface area contributed by atoms with E-state index in [0.29, 0.717) is 0 Å². The Morgan fingerprint density at radius 3 is 2.35 bits per heavy atom. The van der Waals surface area contributed by atoms with Crippen LogP contribution in [0.15, 0.2) is 47.4 Å². The predicted molar refractivity (Wildman–Crippen MR) is 116 cm³/mol. The van der Waals surface area contributed by atoms with Crippen LogP contribution in [0.2, 0.25) is 0 Å². The lowest BCUT2D eigenvalue weighted by Gasteiger charge is -2.35. The van der Waals surface area contributed by atoms with Crippen molar-refractivity contribution < 1.29 is 53.8 Å². The Morgan fingerprint density at radius 2 is 1.76 bits per heavy atom. The Bertz CT molecular complexity index is 1270. The highest BCUT2D eigenvalue weighted by Gasteiger charge is 2.58. The van der Waals surface area contributed by atoms with Crippen LogP contribution in [-0.4, -0.2) is 58.3 Å². The molecule has 202 valence electrons. The lowest BCUT2D eigenvalue weighted by Crippen LogP contribution is -2.48. The third-order valence-electron chi connectivity index (χ3n) is 4.92. The van der Waals surface area contributed by atoms with Gasteiger partial charge in [0, 0.05) is 12.6 Å². The predicted octanol–water partition coefficient (Wildman–Crippen LogP) is 3.66. The molecule has 9 nitrogen and oxygen atoms in total. The van der Waals surface area contributed by atoms with Crippen molar-refractivity contribution in [3.05, 3.63) is 48.3 Å². The van der Waals surface area contributed by atoms with Gasteiger partial charge in [0.15, 0.2) is 6.61 Å². The molecule has 37 heavy (non-hydrogen) atoms. The van der Waals surface area contributed by atoms with Gasteiger partial charge in [-0.05, 0) is 42.5 Å². The number of carbonyl (C=O) groups excluding carboxylic acids is 2. The second kappa shape index (κ2) is 10.4. The fraction of sp³-hybridized carbons (Fsp3) is 0.333. The molecule has 0 saturated carbocycles. The lowest BCUT2D eigenvalue weighted by atomic mass is 10.2. The van der Waals surface area contributed by atoms with E-state index in [1.807, 2.05) is 5.32 Å². The summed E-state index contributed by atoms with van der Waals surface area (Å²) in [4.78, 5) is 22.8. The van der Waals surface area contributed by atoms with Crippen LogP contribution in [0.5, 0.6) is 5.75 Å². The number of carbonyl (C=O) groups is 2. The first-order valence-corrected chi connectivity index (χ1v) is 11.8. The summed E-state index contributed by atoms with van der Waals surface area (Å²) in [6.45, 7) is -1.44. The Labute approximate surface area is 206 Å². The normalized spacial score (nSPS) is 15.9. The van der Waals surface area contributed by atoms with E-state index in [0.717, 1.165) is 40.7 Å². The fourth-order valence-electron chi connectivity index (χ4n) is 3.11. The van der Waals surface area contributed by atoms with Gasteiger partial charge in [-0.2, -0.15) is 22.0 Å². The van der Waals surface area contributed by atoms with E-state index in [-0.39, 0.29) is 35.1 Å². The van der Waals surface area contributed by atoms with Crippen molar-refractivity contribution in [2.75, 3.05) is 29.3 Å².